The summed E-state index contributed by atoms with van der Waals surface area (Å²) in [6, 6.07) is 0. The molecule has 2 rings (SSSR count). The zero-order valence-corrected chi connectivity index (χ0v) is 6.84. The molecule has 1 saturated heterocycles. The Hall–Kier alpha value is -0.570. The first-order valence-corrected chi connectivity index (χ1v) is 4.15. The van der Waals surface area contributed by atoms with Crippen molar-refractivity contribution in [3.05, 3.63) is 0 Å². The highest BCUT2D eigenvalue weighted by Crippen LogP contribution is 2.43. The molecule has 1 amide bonds. The molecule has 1 aliphatic carbocycles. The monoisotopic (exact) mass is 154 g/mol. The Balaban J connectivity index is 2.04. The van der Waals surface area contributed by atoms with Crippen LogP contribution in [-0.2, 0) is 4.79 Å². The van der Waals surface area contributed by atoms with Crippen LogP contribution in [0.4, 0.5) is 0 Å². The van der Waals surface area contributed by atoms with Crippen LogP contribution in [-0.4, -0.2) is 29.9 Å². The number of nitrogens with zero attached hydrogens (tertiary/aromatic N) is 1. The van der Waals surface area contributed by atoms with Gasteiger partial charge < -0.3 is 10.6 Å². The van der Waals surface area contributed by atoms with Crippen LogP contribution in [0.2, 0.25) is 0 Å². The van der Waals surface area contributed by atoms with Crippen LogP contribution in [0.25, 0.3) is 0 Å². The molecule has 11 heavy (non-hydrogen) atoms. The summed E-state index contributed by atoms with van der Waals surface area (Å²) in [4.78, 5) is 12.9. The molecular formula is C8H14N2O. The van der Waals surface area contributed by atoms with Gasteiger partial charge in [-0.2, -0.15) is 0 Å². The summed E-state index contributed by atoms with van der Waals surface area (Å²) in [5, 5.41) is 0. The third-order valence-corrected chi connectivity index (χ3v) is 2.98. The van der Waals surface area contributed by atoms with Gasteiger partial charge in [0.05, 0.1) is 0 Å². The second-order valence-corrected chi connectivity index (χ2v) is 3.91. The molecule has 1 atom stereocenters. The van der Waals surface area contributed by atoms with E-state index in [0.717, 1.165) is 19.4 Å². The summed E-state index contributed by atoms with van der Waals surface area (Å²) in [5.41, 5.74) is 6.03. The third kappa shape index (κ3) is 1.03. The first kappa shape index (κ1) is 7.10. The molecule has 0 radical (unpaired) electrons. The highest BCUT2D eigenvalue weighted by atomic mass is 16.2. The molecule has 0 aromatic rings. The summed E-state index contributed by atoms with van der Waals surface area (Å²) in [6.45, 7) is 0.870. The van der Waals surface area contributed by atoms with E-state index >= 15 is 0 Å². The quantitative estimate of drug-likeness (QED) is 0.576. The highest BCUT2D eigenvalue weighted by molar-refractivity contribution is 5.78. The van der Waals surface area contributed by atoms with Gasteiger partial charge >= 0.3 is 0 Å². The van der Waals surface area contributed by atoms with Gasteiger partial charge in [-0.15, -0.1) is 0 Å². The molecule has 0 aromatic heterocycles. The fourth-order valence-electron chi connectivity index (χ4n) is 1.80. The van der Waals surface area contributed by atoms with Crippen LogP contribution < -0.4 is 5.73 Å². The summed E-state index contributed by atoms with van der Waals surface area (Å²) >= 11 is 0. The molecule has 2 fully saturated rings. The molecule has 1 heterocycles. The van der Waals surface area contributed by atoms with Crippen LogP contribution >= 0.6 is 0 Å². The van der Waals surface area contributed by atoms with Crippen LogP contribution in [0.15, 0.2) is 0 Å². The molecule has 1 aliphatic heterocycles. The lowest BCUT2D eigenvalue weighted by Gasteiger charge is -2.16. The third-order valence-electron chi connectivity index (χ3n) is 2.98. The summed E-state index contributed by atoms with van der Waals surface area (Å²) in [5.74, 6) is 0.687. The zero-order valence-electron chi connectivity index (χ0n) is 6.84. The van der Waals surface area contributed by atoms with Crippen molar-refractivity contribution in [2.24, 2.45) is 11.7 Å². The number of hydrogen-bond donors (Lipinski definition) is 1. The van der Waals surface area contributed by atoms with Gasteiger partial charge in [-0.3, -0.25) is 4.79 Å². The number of rotatable bonds is 1. The second-order valence-electron chi connectivity index (χ2n) is 3.91. The van der Waals surface area contributed by atoms with Crippen molar-refractivity contribution in [2.45, 2.75) is 24.8 Å². The number of hydrogen-bond acceptors (Lipinski definition) is 2. The van der Waals surface area contributed by atoms with Gasteiger partial charge in [0.2, 0.25) is 5.91 Å². The van der Waals surface area contributed by atoms with Crippen LogP contribution in [0, 0.1) is 5.92 Å². The zero-order chi connectivity index (χ0) is 8.06. The first-order chi connectivity index (χ1) is 5.12. The molecule has 0 bridgehead atoms. The van der Waals surface area contributed by atoms with Gasteiger partial charge in [-0.25, -0.2) is 0 Å². The Labute approximate surface area is 66.5 Å². The molecule has 1 unspecified atom stereocenters. The minimum Gasteiger partial charge on any atom is -0.345 e. The predicted octanol–water partition coefficient (Wildman–Crippen LogP) is -0.0440. The van der Waals surface area contributed by atoms with Crippen LogP contribution in [0.1, 0.15) is 19.3 Å². The van der Waals surface area contributed by atoms with E-state index in [2.05, 4.69) is 0 Å². The maximum Gasteiger partial charge on any atom is 0.222 e. The van der Waals surface area contributed by atoms with Crippen molar-refractivity contribution in [3.8, 4) is 0 Å². The minimum absolute atomic E-state index is 0.0282. The van der Waals surface area contributed by atoms with Gasteiger partial charge in [0.15, 0.2) is 0 Å². The van der Waals surface area contributed by atoms with Crippen molar-refractivity contribution >= 4 is 5.91 Å². The largest absolute Gasteiger partial charge is 0.345 e. The second kappa shape index (κ2) is 1.97. The number of amides is 1. The molecular weight excluding hydrogens is 140 g/mol. The Morgan fingerprint density at radius 3 is 2.64 bits per heavy atom. The fraction of sp³-hybridized carbons (Fsp3) is 0.875. The lowest BCUT2D eigenvalue weighted by atomic mass is 9.97. The van der Waals surface area contributed by atoms with Crippen molar-refractivity contribution in [2.75, 3.05) is 13.6 Å². The summed E-state index contributed by atoms with van der Waals surface area (Å²) in [7, 11) is 1.86. The molecule has 2 aliphatic rings. The Morgan fingerprint density at radius 2 is 2.27 bits per heavy atom. The topological polar surface area (TPSA) is 46.3 Å². The van der Waals surface area contributed by atoms with E-state index in [1.54, 1.807) is 4.90 Å². The number of nitrogens with two attached hydrogens (primary N) is 1. The molecule has 62 valence electrons. The maximum absolute atomic E-state index is 11.1. The van der Waals surface area contributed by atoms with E-state index in [1.807, 2.05) is 7.05 Å². The number of likely N-dealkylation sites (tertiary alicyclic amines) is 1. The lowest BCUT2D eigenvalue weighted by molar-refractivity contribution is -0.126. The van der Waals surface area contributed by atoms with Crippen molar-refractivity contribution in [1.82, 2.24) is 4.90 Å². The summed E-state index contributed by atoms with van der Waals surface area (Å²) in [6.07, 6.45) is 2.89. The van der Waals surface area contributed by atoms with E-state index < -0.39 is 0 Å². The Bertz CT molecular complexity index is 198. The molecule has 0 spiro atoms. The minimum atomic E-state index is 0.0282. The van der Waals surface area contributed by atoms with Gasteiger partial charge in [0, 0.05) is 31.5 Å². The van der Waals surface area contributed by atoms with Gasteiger partial charge in [0.1, 0.15) is 0 Å². The van der Waals surface area contributed by atoms with E-state index in [-0.39, 0.29) is 11.4 Å². The highest BCUT2D eigenvalue weighted by Gasteiger charge is 2.49. The molecule has 2 N–H and O–H groups in total. The molecule has 3 heteroatoms. The average molecular weight is 154 g/mol. The number of carbonyl (C=O) groups is 1. The lowest BCUT2D eigenvalue weighted by Crippen LogP contribution is -2.33. The maximum atomic E-state index is 11.1. The van der Waals surface area contributed by atoms with E-state index in [4.69, 9.17) is 5.73 Å². The Kier molecular flexibility index (Phi) is 1.27. The average Bonchev–Trinajstić information content (AvgIpc) is 2.59. The fourth-order valence-corrected chi connectivity index (χ4v) is 1.80. The summed E-state index contributed by atoms with van der Waals surface area (Å²) < 4.78 is 0. The molecule has 3 nitrogen and oxygen atoms in total. The van der Waals surface area contributed by atoms with E-state index in [1.165, 1.54) is 0 Å². The SMILES string of the molecule is CN1CC(C2(N)CC2)CC1=O. The smallest absolute Gasteiger partial charge is 0.222 e. The van der Waals surface area contributed by atoms with Crippen LogP contribution in [0.3, 0.4) is 0 Å². The van der Waals surface area contributed by atoms with Crippen molar-refractivity contribution < 1.29 is 4.79 Å². The van der Waals surface area contributed by atoms with Gasteiger partial charge in [0.25, 0.3) is 0 Å². The first-order valence-electron chi connectivity index (χ1n) is 4.15. The standard InChI is InChI=1S/C8H14N2O/c1-10-5-6(4-7(10)11)8(9)2-3-8/h6H,2-5,9H2,1H3. The van der Waals surface area contributed by atoms with E-state index in [9.17, 15) is 4.79 Å². The van der Waals surface area contributed by atoms with Gasteiger partial charge in [-0.05, 0) is 12.8 Å². The van der Waals surface area contributed by atoms with E-state index in [0.29, 0.717) is 12.3 Å². The van der Waals surface area contributed by atoms with Crippen molar-refractivity contribution in [1.29, 1.82) is 0 Å². The van der Waals surface area contributed by atoms with Crippen LogP contribution in [0.5, 0.6) is 0 Å². The molecule has 0 aromatic carbocycles. The predicted molar refractivity (Wildman–Crippen MR) is 41.9 cm³/mol. The molecule has 1 saturated carbocycles. The van der Waals surface area contributed by atoms with Gasteiger partial charge in [-0.1, -0.05) is 0 Å². The number of carbonyl (C=O) groups excluding carboxylic acids is 1. The van der Waals surface area contributed by atoms with Crippen molar-refractivity contribution in [3.63, 3.8) is 0 Å². The normalized spacial score (nSPS) is 34.5. The Morgan fingerprint density at radius 1 is 1.64 bits per heavy atom.